The Morgan fingerprint density at radius 2 is 1.84 bits per heavy atom. The predicted molar refractivity (Wildman–Crippen MR) is 120 cm³/mol. The lowest BCUT2D eigenvalue weighted by Crippen LogP contribution is -2.44. The first-order valence-electron chi connectivity index (χ1n) is 10.8. The van der Waals surface area contributed by atoms with E-state index in [1.807, 2.05) is 19.9 Å². The Bertz CT molecular complexity index is 1170. The molecule has 3 aromatic rings. The molecule has 1 aromatic heterocycles. The fourth-order valence-electron chi connectivity index (χ4n) is 4.06. The van der Waals surface area contributed by atoms with Gasteiger partial charge in [0, 0.05) is 25.0 Å². The Labute approximate surface area is 185 Å². The van der Waals surface area contributed by atoms with Crippen LogP contribution in [0.5, 0.6) is 0 Å². The number of carbonyl (C=O) groups is 1. The number of morpholine rings is 1. The molecule has 2 aromatic carbocycles. The highest BCUT2D eigenvalue weighted by molar-refractivity contribution is 6.04. The van der Waals surface area contributed by atoms with Crippen molar-refractivity contribution in [1.82, 2.24) is 20.0 Å². The Balaban J connectivity index is 1.64. The number of hydrogen-bond donors (Lipinski definition) is 1. The average molecular weight is 439 g/mol. The summed E-state index contributed by atoms with van der Waals surface area (Å²) < 4.78 is 20.7. The van der Waals surface area contributed by atoms with Crippen molar-refractivity contribution in [3.8, 4) is 0 Å². The van der Waals surface area contributed by atoms with Crippen LogP contribution in [-0.4, -0.2) is 53.4 Å². The number of ether oxygens (including phenoxy) is 1. The zero-order chi connectivity index (χ0) is 22.7. The van der Waals surface area contributed by atoms with Crippen LogP contribution in [0.4, 0.5) is 4.39 Å². The van der Waals surface area contributed by atoms with Crippen LogP contribution in [0.2, 0.25) is 0 Å². The smallest absolute Gasteiger partial charge is 0.274 e. The van der Waals surface area contributed by atoms with Gasteiger partial charge in [0.2, 0.25) is 0 Å². The lowest BCUT2D eigenvalue weighted by atomic mass is 10.0. The van der Waals surface area contributed by atoms with E-state index in [0.717, 1.165) is 5.56 Å². The molecule has 4 rings (SSSR count). The molecule has 0 aliphatic carbocycles. The van der Waals surface area contributed by atoms with Crippen molar-refractivity contribution in [3.05, 3.63) is 76.0 Å². The summed E-state index contributed by atoms with van der Waals surface area (Å²) in [6.45, 7) is 6.54. The fourth-order valence-corrected chi connectivity index (χ4v) is 4.06. The topological polar surface area (TPSA) is 76.5 Å². The third kappa shape index (κ3) is 4.56. The lowest BCUT2D eigenvalue weighted by Gasteiger charge is -2.35. The number of benzene rings is 2. The van der Waals surface area contributed by atoms with Gasteiger partial charge < -0.3 is 10.1 Å². The molecule has 1 N–H and O–H groups in total. The summed E-state index contributed by atoms with van der Waals surface area (Å²) in [4.78, 5) is 28.2. The second kappa shape index (κ2) is 9.58. The van der Waals surface area contributed by atoms with Crippen LogP contribution in [0.15, 0.2) is 53.3 Å². The monoisotopic (exact) mass is 438 g/mol. The highest BCUT2D eigenvalue weighted by Gasteiger charge is 2.25. The number of aromatic nitrogens is 2. The Morgan fingerprint density at radius 3 is 2.53 bits per heavy atom. The summed E-state index contributed by atoms with van der Waals surface area (Å²) in [5, 5.41) is 8.32. The number of fused-ring (bicyclic) bond motifs is 1. The third-order valence-electron chi connectivity index (χ3n) is 5.71. The van der Waals surface area contributed by atoms with E-state index >= 15 is 0 Å². The van der Waals surface area contributed by atoms with Gasteiger partial charge in [-0.05, 0) is 37.6 Å². The molecular weight excluding hydrogens is 411 g/mol. The van der Waals surface area contributed by atoms with Gasteiger partial charge in [-0.1, -0.05) is 30.3 Å². The number of nitrogens with zero attached hydrogens (tertiary/aromatic N) is 3. The van der Waals surface area contributed by atoms with Crippen molar-refractivity contribution in [3.63, 3.8) is 0 Å². The van der Waals surface area contributed by atoms with Crippen LogP contribution >= 0.6 is 0 Å². The van der Waals surface area contributed by atoms with Crippen LogP contribution in [-0.2, 0) is 4.74 Å². The molecule has 1 unspecified atom stereocenters. The highest BCUT2D eigenvalue weighted by atomic mass is 19.1. The molecule has 0 saturated carbocycles. The predicted octanol–water partition coefficient (Wildman–Crippen LogP) is 2.92. The highest BCUT2D eigenvalue weighted by Crippen LogP contribution is 2.22. The summed E-state index contributed by atoms with van der Waals surface area (Å²) >= 11 is 0. The van der Waals surface area contributed by atoms with Gasteiger partial charge in [-0.2, -0.15) is 5.10 Å². The van der Waals surface area contributed by atoms with Crippen molar-refractivity contribution < 1.29 is 13.9 Å². The van der Waals surface area contributed by atoms with Crippen molar-refractivity contribution in [2.45, 2.75) is 25.9 Å². The third-order valence-corrected chi connectivity index (χ3v) is 5.71. The van der Waals surface area contributed by atoms with Crippen LogP contribution in [0.3, 0.4) is 0 Å². The Kier molecular flexibility index (Phi) is 6.62. The largest absolute Gasteiger partial charge is 0.379 e. The summed E-state index contributed by atoms with van der Waals surface area (Å²) in [5.41, 5.74) is 0.768. The minimum absolute atomic E-state index is 0.188. The number of nitrogens with one attached hydrogen (secondary N) is 1. The quantitative estimate of drug-likeness (QED) is 0.641. The van der Waals surface area contributed by atoms with E-state index in [9.17, 15) is 14.0 Å². The maximum absolute atomic E-state index is 13.9. The molecule has 0 bridgehead atoms. The first-order valence-corrected chi connectivity index (χ1v) is 10.8. The molecule has 1 amide bonds. The van der Waals surface area contributed by atoms with E-state index in [0.29, 0.717) is 37.1 Å². The first kappa shape index (κ1) is 22.1. The van der Waals surface area contributed by atoms with Crippen LogP contribution in [0, 0.1) is 5.82 Å². The fraction of sp³-hybridized carbons (Fsp3) is 0.375. The van der Waals surface area contributed by atoms with Crippen molar-refractivity contribution in [1.29, 1.82) is 0 Å². The summed E-state index contributed by atoms with van der Waals surface area (Å²) in [6, 6.07) is 13.0. The van der Waals surface area contributed by atoms with Crippen LogP contribution < -0.4 is 10.9 Å². The van der Waals surface area contributed by atoms with Gasteiger partial charge in [0.1, 0.15) is 5.82 Å². The maximum Gasteiger partial charge on any atom is 0.274 e. The summed E-state index contributed by atoms with van der Waals surface area (Å²) in [6.07, 6.45) is 0. The van der Waals surface area contributed by atoms with Gasteiger partial charge in [0.15, 0.2) is 5.69 Å². The summed E-state index contributed by atoms with van der Waals surface area (Å²) in [5.74, 6) is -0.686. The van der Waals surface area contributed by atoms with Gasteiger partial charge in [0.25, 0.3) is 11.5 Å². The molecular formula is C24H27FN4O3. The average Bonchev–Trinajstić information content (AvgIpc) is 2.80. The van der Waals surface area contributed by atoms with Crippen molar-refractivity contribution >= 4 is 16.7 Å². The van der Waals surface area contributed by atoms with E-state index in [-0.39, 0.29) is 41.6 Å². The Hall–Kier alpha value is -3.10. The molecule has 168 valence electrons. The molecule has 1 saturated heterocycles. The molecule has 1 aliphatic rings. The zero-order valence-electron chi connectivity index (χ0n) is 18.3. The molecule has 0 radical (unpaired) electrons. The first-order chi connectivity index (χ1) is 15.5. The van der Waals surface area contributed by atoms with E-state index in [1.54, 1.807) is 30.3 Å². The van der Waals surface area contributed by atoms with E-state index in [1.165, 1.54) is 16.8 Å². The SMILES string of the molecule is CC(C)n1nc(C(=O)NCC(c2cccc(F)c2)N2CCOCC2)c2ccccc2c1=O. The maximum atomic E-state index is 13.9. The number of rotatable bonds is 6. The van der Waals surface area contributed by atoms with Gasteiger partial charge in [-0.3, -0.25) is 14.5 Å². The van der Waals surface area contributed by atoms with Crippen LogP contribution in [0.1, 0.15) is 42.0 Å². The van der Waals surface area contributed by atoms with Crippen molar-refractivity contribution in [2.75, 3.05) is 32.8 Å². The standard InChI is InChI=1S/C24H27FN4O3/c1-16(2)29-24(31)20-9-4-3-8-19(20)22(27-29)23(30)26-15-21(28-10-12-32-13-11-28)17-6-5-7-18(25)14-17/h3-9,14,16,21H,10-13,15H2,1-2H3,(H,26,30). The number of carbonyl (C=O) groups excluding carboxylic acids is 1. The number of halogens is 1. The second-order valence-electron chi connectivity index (χ2n) is 8.17. The number of hydrogen-bond acceptors (Lipinski definition) is 5. The molecule has 0 spiro atoms. The molecule has 7 nitrogen and oxygen atoms in total. The molecule has 8 heteroatoms. The van der Waals surface area contributed by atoms with Gasteiger partial charge >= 0.3 is 0 Å². The van der Waals surface area contributed by atoms with E-state index < -0.39 is 0 Å². The minimum atomic E-state index is -0.370. The zero-order valence-corrected chi connectivity index (χ0v) is 18.3. The molecule has 1 fully saturated rings. The van der Waals surface area contributed by atoms with Gasteiger partial charge in [-0.25, -0.2) is 9.07 Å². The molecule has 2 heterocycles. The normalized spacial score (nSPS) is 15.8. The molecule has 1 aliphatic heterocycles. The van der Waals surface area contributed by atoms with E-state index in [2.05, 4.69) is 15.3 Å². The molecule has 1 atom stereocenters. The van der Waals surface area contributed by atoms with E-state index in [4.69, 9.17) is 4.74 Å². The van der Waals surface area contributed by atoms with Gasteiger partial charge in [0.05, 0.1) is 30.7 Å². The lowest BCUT2D eigenvalue weighted by molar-refractivity contribution is 0.0161. The van der Waals surface area contributed by atoms with Crippen LogP contribution in [0.25, 0.3) is 10.8 Å². The minimum Gasteiger partial charge on any atom is -0.379 e. The molecule has 32 heavy (non-hydrogen) atoms. The van der Waals surface area contributed by atoms with Gasteiger partial charge in [-0.15, -0.1) is 0 Å². The van der Waals surface area contributed by atoms with Crippen molar-refractivity contribution in [2.24, 2.45) is 0 Å². The Morgan fingerprint density at radius 1 is 1.12 bits per heavy atom. The number of amides is 1. The summed E-state index contributed by atoms with van der Waals surface area (Å²) in [7, 11) is 0. The second-order valence-corrected chi connectivity index (χ2v) is 8.17.